The van der Waals surface area contributed by atoms with Crippen LogP contribution in [0.4, 0.5) is 5.82 Å². The van der Waals surface area contributed by atoms with Gasteiger partial charge in [-0.15, -0.1) is 0 Å². The molecule has 0 amide bonds. The van der Waals surface area contributed by atoms with Gasteiger partial charge in [-0.1, -0.05) is 0 Å². The van der Waals surface area contributed by atoms with Gasteiger partial charge in [-0.25, -0.2) is 9.50 Å². The van der Waals surface area contributed by atoms with E-state index in [4.69, 9.17) is 0 Å². The van der Waals surface area contributed by atoms with Crippen molar-refractivity contribution in [3.05, 3.63) is 24.7 Å². The first-order chi connectivity index (χ1) is 10.0. The monoisotopic (exact) mass is 287 g/mol. The molecule has 1 N–H and O–H groups in total. The number of fused-ring (bicyclic) bond motifs is 1. The predicted molar refractivity (Wildman–Crippen MR) is 85.7 cm³/mol. The van der Waals surface area contributed by atoms with Gasteiger partial charge >= 0.3 is 0 Å². The van der Waals surface area contributed by atoms with Gasteiger partial charge in [0.2, 0.25) is 0 Å². The molecule has 1 aliphatic heterocycles. The largest absolute Gasteiger partial charge is 0.351 e. The van der Waals surface area contributed by atoms with Crippen molar-refractivity contribution in [2.75, 3.05) is 18.0 Å². The molecule has 0 spiro atoms. The number of anilines is 1. The van der Waals surface area contributed by atoms with Gasteiger partial charge < -0.3 is 10.2 Å². The number of aromatic nitrogens is 3. The van der Waals surface area contributed by atoms with E-state index in [0.29, 0.717) is 6.04 Å². The first kappa shape index (κ1) is 14.3. The van der Waals surface area contributed by atoms with E-state index in [1.165, 1.54) is 19.3 Å². The van der Waals surface area contributed by atoms with Crippen molar-refractivity contribution in [2.24, 2.45) is 0 Å². The van der Waals surface area contributed by atoms with Crippen molar-refractivity contribution in [2.45, 2.75) is 51.6 Å². The Hall–Kier alpha value is -1.62. The van der Waals surface area contributed by atoms with Gasteiger partial charge in [0.1, 0.15) is 5.52 Å². The molecular weight excluding hydrogens is 262 g/mol. The van der Waals surface area contributed by atoms with Crippen LogP contribution in [-0.2, 0) is 0 Å². The molecule has 3 rings (SSSR count). The Kier molecular flexibility index (Phi) is 3.85. The molecule has 0 saturated carbocycles. The lowest BCUT2D eigenvalue weighted by Crippen LogP contribution is -2.50. The Balaban J connectivity index is 1.85. The summed E-state index contributed by atoms with van der Waals surface area (Å²) in [7, 11) is 0. The van der Waals surface area contributed by atoms with E-state index < -0.39 is 0 Å². The molecule has 5 nitrogen and oxygen atoms in total. The summed E-state index contributed by atoms with van der Waals surface area (Å²) in [5.41, 5.74) is 1.25. The summed E-state index contributed by atoms with van der Waals surface area (Å²) < 4.78 is 1.91. The van der Waals surface area contributed by atoms with E-state index in [9.17, 15) is 0 Å². The van der Waals surface area contributed by atoms with E-state index in [1.54, 1.807) is 0 Å². The molecule has 1 fully saturated rings. The molecule has 1 unspecified atom stereocenters. The molecule has 1 aliphatic rings. The number of hydrogen-bond donors (Lipinski definition) is 1. The SMILES string of the molecule is CC(C)(C)NCC1CCCCN1c1nccn2nccc12. The molecule has 0 aliphatic carbocycles. The van der Waals surface area contributed by atoms with E-state index >= 15 is 0 Å². The number of nitrogens with one attached hydrogen (secondary N) is 1. The molecule has 0 radical (unpaired) electrons. The quantitative estimate of drug-likeness (QED) is 0.942. The number of hydrogen-bond acceptors (Lipinski definition) is 4. The lowest BCUT2D eigenvalue weighted by Gasteiger charge is -2.38. The van der Waals surface area contributed by atoms with Crippen molar-refractivity contribution >= 4 is 11.3 Å². The zero-order valence-electron chi connectivity index (χ0n) is 13.2. The van der Waals surface area contributed by atoms with Crippen LogP contribution in [-0.4, -0.2) is 39.3 Å². The Labute approximate surface area is 126 Å². The fourth-order valence-corrected chi connectivity index (χ4v) is 2.98. The van der Waals surface area contributed by atoms with E-state index in [-0.39, 0.29) is 5.54 Å². The average molecular weight is 287 g/mol. The van der Waals surface area contributed by atoms with E-state index in [0.717, 1.165) is 24.4 Å². The molecule has 3 heterocycles. The number of nitrogens with zero attached hydrogens (tertiary/aromatic N) is 4. The van der Waals surface area contributed by atoms with Crippen molar-refractivity contribution in [3.63, 3.8) is 0 Å². The van der Waals surface area contributed by atoms with Crippen LogP contribution < -0.4 is 10.2 Å². The van der Waals surface area contributed by atoms with E-state index in [1.807, 2.05) is 29.2 Å². The molecular formula is C16H25N5. The summed E-state index contributed by atoms with van der Waals surface area (Å²) in [5.74, 6) is 1.07. The second-order valence-electron chi connectivity index (χ2n) is 6.89. The molecule has 21 heavy (non-hydrogen) atoms. The third-order valence-electron chi connectivity index (χ3n) is 4.07. The van der Waals surface area contributed by atoms with Gasteiger partial charge in [0, 0.05) is 37.1 Å². The summed E-state index contributed by atoms with van der Waals surface area (Å²) in [6, 6.07) is 2.55. The van der Waals surface area contributed by atoms with Gasteiger partial charge in [-0.2, -0.15) is 5.10 Å². The normalized spacial score (nSPS) is 20.1. The molecule has 5 heteroatoms. The molecule has 2 aromatic rings. The Morgan fingerprint density at radius 1 is 1.29 bits per heavy atom. The smallest absolute Gasteiger partial charge is 0.154 e. The third-order valence-corrected chi connectivity index (χ3v) is 4.07. The molecule has 114 valence electrons. The lowest BCUT2D eigenvalue weighted by molar-refractivity contribution is 0.365. The molecule has 0 bridgehead atoms. The maximum Gasteiger partial charge on any atom is 0.154 e. The predicted octanol–water partition coefficient (Wildman–Crippen LogP) is 2.48. The number of piperidine rings is 1. The zero-order valence-corrected chi connectivity index (χ0v) is 13.2. The standard InChI is InChI=1S/C16H25N5/c1-16(2,3)18-12-13-6-4-5-10-20(13)15-14-7-8-19-21(14)11-9-17-15/h7-9,11,13,18H,4-6,10,12H2,1-3H3. The Bertz CT molecular complexity index is 598. The highest BCUT2D eigenvalue weighted by Gasteiger charge is 2.26. The zero-order chi connectivity index (χ0) is 14.9. The van der Waals surface area contributed by atoms with Crippen molar-refractivity contribution in [1.29, 1.82) is 0 Å². The lowest BCUT2D eigenvalue weighted by atomic mass is 10.0. The summed E-state index contributed by atoms with van der Waals surface area (Å²) in [6.07, 6.45) is 9.36. The van der Waals surface area contributed by atoms with Crippen LogP contribution in [0, 0.1) is 0 Å². The molecule has 0 aromatic carbocycles. The van der Waals surface area contributed by atoms with E-state index in [2.05, 4.69) is 41.1 Å². The second kappa shape index (κ2) is 5.64. The maximum atomic E-state index is 4.63. The first-order valence-electron chi connectivity index (χ1n) is 7.85. The Morgan fingerprint density at radius 3 is 2.95 bits per heavy atom. The summed E-state index contributed by atoms with van der Waals surface area (Å²) in [5, 5.41) is 7.96. The fourth-order valence-electron chi connectivity index (χ4n) is 2.98. The van der Waals surface area contributed by atoms with Crippen LogP contribution in [0.5, 0.6) is 0 Å². The van der Waals surface area contributed by atoms with Gasteiger partial charge in [-0.3, -0.25) is 0 Å². The highest BCUT2D eigenvalue weighted by Crippen LogP contribution is 2.26. The first-order valence-corrected chi connectivity index (χ1v) is 7.85. The van der Waals surface area contributed by atoms with Crippen molar-refractivity contribution in [3.8, 4) is 0 Å². The van der Waals surface area contributed by atoms with Crippen LogP contribution in [0.2, 0.25) is 0 Å². The number of rotatable bonds is 3. The summed E-state index contributed by atoms with van der Waals surface area (Å²) >= 11 is 0. The molecule has 2 aromatic heterocycles. The maximum absolute atomic E-state index is 4.63. The minimum Gasteiger partial charge on any atom is -0.351 e. The average Bonchev–Trinajstić information content (AvgIpc) is 2.93. The van der Waals surface area contributed by atoms with Crippen LogP contribution in [0.3, 0.4) is 0 Å². The highest BCUT2D eigenvalue weighted by molar-refractivity contribution is 5.68. The van der Waals surface area contributed by atoms with Crippen LogP contribution in [0.15, 0.2) is 24.7 Å². The van der Waals surface area contributed by atoms with Gasteiger partial charge in [0.15, 0.2) is 5.82 Å². The van der Waals surface area contributed by atoms with Crippen LogP contribution >= 0.6 is 0 Å². The minimum atomic E-state index is 0.152. The molecule has 1 saturated heterocycles. The van der Waals surface area contributed by atoms with Crippen LogP contribution in [0.1, 0.15) is 40.0 Å². The Morgan fingerprint density at radius 2 is 2.14 bits per heavy atom. The topological polar surface area (TPSA) is 45.5 Å². The molecule has 1 atom stereocenters. The van der Waals surface area contributed by atoms with Gasteiger partial charge in [0.25, 0.3) is 0 Å². The summed E-state index contributed by atoms with van der Waals surface area (Å²) in [6.45, 7) is 8.73. The highest BCUT2D eigenvalue weighted by atomic mass is 15.3. The van der Waals surface area contributed by atoms with Crippen LogP contribution in [0.25, 0.3) is 5.52 Å². The minimum absolute atomic E-state index is 0.152. The fraction of sp³-hybridized carbons (Fsp3) is 0.625. The summed E-state index contributed by atoms with van der Waals surface area (Å²) in [4.78, 5) is 7.09. The van der Waals surface area contributed by atoms with Gasteiger partial charge in [-0.05, 0) is 46.1 Å². The third kappa shape index (κ3) is 3.18. The second-order valence-corrected chi connectivity index (χ2v) is 6.89. The van der Waals surface area contributed by atoms with Crippen molar-refractivity contribution in [1.82, 2.24) is 19.9 Å². The van der Waals surface area contributed by atoms with Crippen molar-refractivity contribution < 1.29 is 0 Å². The van der Waals surface area contributed by atoms with Gasteiger partial charge in [0.05, 0.1) is 6.20 Å².